The summed E-state index contributed by atoms with van der Waals surface area (Å²) in [4.78, 5) is 17.2. The maximum atomic E-state index is 12.0. The van der Waals surface area contributed by atoms with E-state index in [0.29, 0.717) is 18.7 Å². The highest BCUT2D eigenvalue weighted by atomic mass is 79.9. The number of hydrogen-bond donors (Lipinski definition) is 0. The molecule has 1 aliphatic heterocycles. The number of nitrogens with zero attached hydrogens (tertiary/aromatic N) is 1. The fourth-order valence-electron chi connectivity index (χ4n) is 1.40. The van der Waals surface area contributed by atoms with Crippen LogP contribution in [0.15, 0.2) is 27.1 Å². The zero-order valence-corrected chi connectivity index (χ0v) is 11.0. The van der Waals surface area contributed by atoms with Crippen molar-refractivity contribution < 1.29 is 9.63 Å². The monoisotopic (exact) mass is 333 g/mol. The normalized spacial score (nSPS) is 15.7. The molecule has 1 aromatic rings. The molecule has 0 aliphatic carbocycles. The largest absolute Gasteiger partial charge is 0.278 e. The number of carbonyl (C=O) groups is 1. The Labute approximate surface area is 105 Å². The van der Waals surface area contributed by atoms with Crippen LogP contribution in [-0.4, -0.2) is 24.1 Å². The lowest BCUT2D eigenvalue weighted by molar-refractivity contribution is -0.0769. The molecule has 0 saturated carbocycles. The molecule has 1 fully saturated rings. The van der Waals surface area contributed by atoms with Crippen LogP contribution in [-0.2, 0) is 4.84 Å². The molecular weight excluding hydrogens is 326 g/mol. The number of hydrogen-bond acceptors (Lipinski definition) is 2. The van der Waals surface area contributed by atoms with E-state index in [2.05, 4.69) is 31.9 Å². The van der Waals surface area contributed by atoms with Crippen LogP contribution >= 0.6 is 31.9 Å². The Morgan fingerprint density at radius 3 is 2.87 bits per heavy atom. The lowest BCUT2D eigenvalue weighted by atomic mass is 10.2. The van der Waals surface area contributed by atoms with Crippen molar-refractivity contribution in [1.29, 1.82) is 0 Å². The summed E-state index contributed by atoms with van der Waals surface area (Å²) in [6, 6.07) is 5.51. The molecule has 2 rings (SSSR count). The molecule has 3 nitrogen and oxygen atoms in total. The third kappa shape index (κ3) is 2.41. The molecule has 1 heterocycles. The molecule has 0 bridgehead atoms. The van der Waals surface area contributed by atoms with Gasteiger partial charge in [0, 0.05) is 8.95 Å². The van der Waals surface area contributed by atoms with Crippen LogP contribution < -0.4 is 0 Å². The summed E-state index contributed by atoms with van der Waals surface area (Å²) in [7, 11) is 0. The quantitative estimate of drug-likeness (QED) is 0.790. The van der Waals surface area contributed by atoms with Gasteiger partial charge in [-0.15, -0.1) is 0 Å². The first-order valence-corrected chi connectivity index (χ1v) is 6.17. The van der Waals surface area contributed by atoms with Gasteiger partial charge in [0.25, 0.3) is 5.91 Å². The zero-order chi connectivity index (χ0) is 10.8. The van der Waals surface area contributed by atoms with Crippen LogP contribution in [0.2, 0.25) is 0 Å². The van der Waals surface area contributed by atoms with E-state index in [9.17, 15) is 4.79 Å². The molecule has 5 heteroatoms. The molecule has 0 unspecified atom stereocenters. The lowest BCUT2D eigenvalue weighted by Gasteiger charge is -2.14. The SMILES string of the molecule is O=C(c1cc(Br)ccc1Br)N1CCCO1. The molecule has 0 spiro atoms. The van der Waals surface area contributed by atoms with Gasteiger partial charge in [0.1, 0.15) is 0 Å². The molecule has 1 amide bonds. The average molecular weight is 335 g/mol. The van der Waals surface area contributed by atoms with Gasteiger partial charge < -0.3 is 0 Å². The highest BCUT2D eigenvalue weighted by Crippen LogP contribution is 2.23. The first kappa shape index (κ1) is 11.1. The number of rotatable bonds is 1. The predicted octanol–water partition coefficient (Wildman–Crippen LogP) is 2.99. The number of carbonyl (C=O) groups excluding carboxylic acids is 1. The van der Waals surface area contributed by atoms with Gasteiger partial charge >= 0.3 is 0 Å². The van der Waals surface area contributed by atoms with E-state index in [0.717, 1.165) is 15.4 Å². The van der Waals surface area contributed by atoms with E-state index in [1.54, 1.807) is 6.07 Å². The van der Waals surface area contributed by atoms with Gasteiger partial charge in [-0.2, -0.15) is 0 Å². The maximum absolute atomic E-state index is 12.0. The third-order valence-corrected chi connectivity index (χ3v) is 3.32. The van der Waals surface area contributed by atoms with Crippen LogP contribution in [0.5, 0.6) is 0 Å². The number of benzene rings is 1. The van der Waals surface area contributed by atoms with Crippen molar-refractivity contribution in [3.63, 3.8) is 0 Å². The van der Waals surface area contributed by atoms with Crippen molar-refractivity contribution in [3.05, 3.63) is 32.7 Å². The van der Waals surface area contributed by atoms with Gasteiger partial charge in [0.15, 0.2) is 0 Å². The second-order valence-electron chi connectivity index (χ2n) is 3.22. The Hall–Kier alpha value is -0.390. The number of halogens is 2. The van der Waals surface area contributed by atoms with Gasteiger partial charge in [-0.25, -0.2) is 5.06 Å². The Bertz CT molecular complexity index is 389. The van der Waals surface area contributed by atoms with Gasteiger partial charge in [-0.3, -0.25) is 9.63 Å². The molecular formula is C10H9Br2NO2. The summed E-state index contributed by atoms with van der Waals surface area (Å²) >= 11 is 6.70. The van der Waals surface area contributed by atoms with E-state index in [-0.39, 0.29) is 5.91 Å². The molecule has 0 aromatic heterocycles. The van der Waals surface area contributed by atoms with Gasteiger partial charge in [-0.1, -0.05) is 15.9 Å². The van der Waals surface area contributed by atoms with Crippen molar-refractivity contribution in [2.75, 3.05) is 13.2 Å². The predicted molar refractivity (Wildman–Crippen MR) is 63.4 cm³/mol. The molecule has 1 saturated heterocycles. The van der Waals surface area contributed by atoms with Gasteiger partial charge in [0.05, 0.1) is 18.7 Å². The molecule has 1 aliphatic rings. The highest BCUT2D eigenvalue weighted by molar-refractivity contribution is 9.11. The Morgan fingerprint density at radius 2 is 2.20 bits per heavy atom. The minimum absolute atomic E-state index is 0.0966. The van der Waals surface area contributed by atoms with E-state index in [1.165, 1.54) is 5.06 Å². The Kier molecular flexibility index (Phi) is 3.43. The number of hydroxylamine groups is 2. The molecule has 80 valence electrons. The van der Waals surface area contributed by atoms with E-state index in [4.69, 9.17) is 4.84 Å². The third-order valence-electron chi connectivity index (χ3n) is 2.14. The molecule has 0 radical (unpaired) electrons. The molecule has 15 heavy (non-hydrogen) atoms. The lowest BCUT2D eigenvalue weighted by Crippen LogP contribution is -2.26. The average Bonchev–Trinajstić information content (AvgIpc) is 2.74. The highest BCUT2D eigenvalue weighted by Gasteiger charge is 2.22. The van der Waals surface area contributed by atoms with Crippen LogP contribution in [0.25, 0.3) is 0 Å². The van der Waals surface area contributed by atoms with E-state index < -0.39 is 0 Å². The van der Waals surface area contributed by atoms with Crippen LogP contribution in [0.4, 0.5) is 0 Å². The van der Waals surface area contributed by atoms with Crippen molar-refractivity contribution in [3.8, 4) is 0 Å². The number of amides is 1. The Balaban J connectivity index is 2.27. The zero-order valence-electron chi connectivity index (χ0n) is 7.87. The minimum atomic E-state index is -0.0966. The fourth-order valence-corrected chi connectivity index (χ4v) is 2.18. The van der Waals surface area contributed by atoms with Crippen molar-refractivity contribution in [2.24, 2.45) is 0 Å². The smallest absolute Gasteiger partial charge is 0.271 e. The van der Waals surface area contributed by atoms with E-state index in [1.807, 2.05) is 12.1 Å². The summed E-state index contributed by atoms with van der Waals surface area (Å²) in [6.45, 7) is 1.29. The Morgan fingerprint density at radius 1 is 1.40 bits per heavy atom. The molecule has 0 atom stereocenters. The van der Waals surface area contributed by atoms with Crippen LogP contribution in [0.1, 0.15) is 16.8 Å². The fraction of sp³-hybridized carbons (Fsp3) is 0.300. The van der Waals surface area contributed by atoms with Crippen LogP contribution in [0.3, 0.4) is 0 Å². The first-order valence-electron chi connectivity index (χ1n) is 4.58. The topological polar surface area (TPSA) is 29.5 Å². The maximum Gasteiger partial charge on any atom is 0.278 e. The van der Waals surface area contributed by atoms with Gasteiger partial charge in [0.2, 0.25) is 0 Å². The molecule has 1 aromatic carbocycles. The van der Waals surface area contributed by atoms with Crippen molar-refractivity contribution >= 4 is 37.8 Å². The van der Waals surface area contributed by atoms with Crippen molar-refractivity contribution in [1.82, 2.24) is 5.06 Å². The minimum Gasteiger partial charge on any atom is -0.271 e. The van der Waals surface area contributed by atoms with Crippen LogP contribution in [0, 0.1) is 0 Å². The standard InChI is InChI=1S/C10H9Br2NO2/c11-7-2-3-9(12)8(6-7)10(14)13-4-1-5-15-13/h2-3,6H,1,4-5H2. The summed E-state index contributed by atoms with van der Waals surface area (Å²) in [6.07, 6.45) is 0.900. The van der Waals surface area contributed by atoms with Gasteiger partial charge in [-0.05, 0) is 40.5 Å². The summed E-state index contributed by atoms with van der Waals surface area (Å²) in [5.41, 5.74) is 0.617. The summed E-state index contributed by atoms with van der Waals surface area (Å²) < 4.78 is 1.67. The second kappa shape index (κ2) is 4.63. The van der Waals surface area contributed by atoms with Crippen molar-refractivity contribution in [2.45, 2.75) is 6.42 Å². The molecule has 0 N–H and O–H groups in total. The van der Waals surface area contributed by atoms with E-state index >= 15 is 0 Å². The first-order chi connectivity index (χ1) is 7.18. The second-order valence-corrected chi connectivity index (χ2v) is 4.99. The summed E-state index contributed by atoms with van der Waals surface area (Å²) in [5.74, 6) is -0.0966. The summed E-state index contributed by atoms with van der Waals surface area (Å²) in [5, 5.41) is 1.41.